The van der Waals surface area contributed by atoms with E-state index >= 15 is 0 Å². The van der Waals surface area contributed by atoms with E-state index in [1.807, 2.05) is 6.92 Å². The van der Waals surface area contributed by atoms with Crippen molar-refractivity contribution in [2.75, 3.05) is 6.26 Å². The monoisotopic (exact) mass is 195 g/mol. The van der Waals surface area contributed by atoms with Crippen molar-refractivity contribution < 1.29 is 18.0 Å². The highest BCUT2D eigenvalue weighted by Gasteiger charge is 2.05. The Hall–Kier alpha value is -0.620. The van der Waals surface area contributed by atoms with Crippen molar-refractivity contribution in [2.45, 2.75) is 26.2 Å². The molecule has 0 bridgehead atoms. The Morgan fingerprint density at radius 3 is 2.50 bits per heavy atom. The first kappa shape index (κ1) is 11.4. The predicted octanol–water partition coefficient (Wildman–Crippen LogP) is 0.184. The number of nitrogens with one attached hydrogen (secondary N) is 1. The van der Waals surface area contributed by atoms with Crippen LogP contribution in [0.2, 0.25) is 0 Å². The molecule has 0 spiro atoms. The van der Waals surface area contributed by atoms with Crippen LogP contribution in [0, 0.1) is 0 Å². The molecule has 0 aliphatic carbocycles. The van der Waals surface area contributed by atoms with E-state index < -0.39 is 16.0 Å². The van der Waals surface area contributed by atoms with E-state index in [1.165, 1.54) is 0 Å². The number of carbonyl (C=O) groups is 1. The molecule has 0 aromatic heterocycles. The fourth-order valence-electron chi connectivity index (χ4n) is 0.494. The minimum Gasteiger partial charge on any atom is -0.356 e. The maximum Gasteiger partial charge on any atom is 0.326 e. The van der Waals surface area contributed by atoms with Gasteiger partial charge in [0, 0.05) is 6.42 Å². The van der Waals surface area contributed by atoms with Crippen molar-refractivity contribution >= 4 is 16.0 Å². The second kappa shape index (κ2) is 5.10. The Morgan fingerprint density at radius 2 is 2.08 bits per heavy atom. The van der Waals surface area contributed by atoms with Gasteiger partial charge in [0.1, 0.15) is 0 Å². The van der Waals surface area contributed by atoms with Crippen molar-refractivity contribution in [1.82, 2.24) is 4.89 Å². The zero-order valence-electron chi connectivity index (χ0n) is 7.16. The van der Waals surface area contributed by atoms with Gasteiger partial charge < -0.3 is 4.84 Å². The molecule has 0 aliphatic rings. The number of rotatable bonds is 5. The Bertz CT molecular complexity index is 234. The van der Waals surface area contributed by atoms with Crippen LogP contribution in [0.5, 0.6) is 0 Å². The Kier molecular flexibility index (Phi) is 4.84. The summed E-state index contributed by atoms with van der Waals surface area (Å²) < 4.78 is 20.8. The van der Waals surface area contributed by atoms with Gasteiger partial charge in [-0.3, -0.25) is 4.79 Å². The summed E-state index contributed by atoms with van der Waals surface area (Å²) in [6, 6.07) is 0. The number of hydrogen-bond acceptors (Lipinski definition) is 4. The summed E-state index contributed by atoms with van der Waals surface area (Å²) >= 11 is 0. The maximum absolute atomic E-state index is 10.7. The summed E-state index contributed by atoms with van der Waals surface area (Å²) in [6.45, 7) is 1.93. The normalized spacial score (nSPS) is 11.2. The highest BCUT2D eigenvalue weighted by Crippen LogP contribution is 1.95. The number of hydrogen-bond donors (Lipinski definition) is 1. The lowest BCUT2D eigenvalue weighted by molar-refractivity contribution is -0.147. The summed E-state index contributed by atoms with van der Waals surface area (Å²) in [4.78, 5) is 16.6. The van der Waals surface area contributed by atoms with Gasteiger partial charge in [0.2, 0.25) is 10.0 Å². The van der Waals surface area contributed by atoms with Gasteiger partial charge in [0.15, 0.2) is 0 Å². The van der Waals surface area contributed by atoms with E-state index in [-0.39, 0.29) is 6.42 Å². The molecule has 0 aromatic rings. The maximum atomic E-state index is 10.7. The van der Waals surface area contributed by atoms with E-state index in [9.17, 15) is 13.2 Å². The molecule has 0 heterocycles. The molecule has 0 saturated carbocycles. The van der Waals surface area contributed by atoms with Gasteiger partial charge in [-0.15, -0.1) is 0 Å². The van der Waals surface area contributed by atoms with Crippen LogP contribution < -0.4 is 4.89 Å². The van der Waals surface area contributed by atoms with Crippen molar-refractivity contribution in [1.29, 1.82) is 0 Å². The Labute approximate surface area is 72.1 Å². The predicted molar refractivity (Wildman–Crippen MR) is 43.6 cm³/mol. The molecular weight excluding hydrogens is 182 g/mol. The van der Waals surface area contributed by atoms with Crippen LogP contribution in [0.15, 0.2) is 0 Å². The molecule has 6 heteroatoms. The molecule has 0 rings (SSSR count). The molecule has 0 aliphatic heterocycles. The number of sulfonamides is 1. The third kappa shape index (κ3) is 7.49. The first-order valence-corrected chi connectivity index (χ1v) is 5.51. The summed E-state index contributed by atoms with van der Waals surface area (Å²) in [5.74, 6) is -0.553. The lowest BCUT2D eigenvalue weighted by atomic mass is 10.3. The van der Waals surface area contributed by atoms with Crippen molar-refractivity contribution in [3.63, 3.8) is 0 Å². The second-order valence-corrected chi connectivity index (χ2v) is 4.14. The van der Waals surface area contributed by atoms with Crippen LogP contribution in [0.3, 0.4) is 0 Å². The quantitative estimate of drug-likeness (QED) is 0.635. The molecule has 1 N–H and O–H groups in total. The van der Waals surface area contributed by atoms with E-state index in [4.69, 9.17) is 0 Å². The summed E-state index contributed by atoms with van der Waals surface area (Å²) in [6.07, 6.45) is 2.72. The third-order valence-corrected chi connectivity index (χ3v) is 1.43. The van der Waals surface area contributed by atoms with Crippen LogP contribution in [-0.4, -0.2) is 20.6 Å². The molecule has 5 nitrogen and oxygen atoms in total. The largest absolute Gasteiger partial charge is 0.356 e. The highest BCUT2D eigenvalue weighted by molar-refractivity contribution is 7.88. The summed E-state index contributed by atoms with van der Waals surface area (Å²) in [5.41, 5.74) is 0. The van der Waals surface area contributed by atoms with Crippen molar-refractivity contribution in [3.05, 3.63) is 0 Å². The van der Waals surface area contributed by atoms with Gasteiger partial charge in [-0.1, -0.05) is 13.3 Å². The minimum absolute atomic E-state index is 0.235. The number of unbranched alkanes of at least 4 members (excludes halogenated alkanes) is 1. The standard InChI is InChI=1S/C6H13NO4S/c1-3-4-5-6(8)11-7-12(2,9)10/h7H,3-5H2,1-2H3. The van der Waals surface area contributed by atoms with Crippen LogP contribution in [0.1, 0.15) is 26.2 Å². The van der Waals surface area contributed by atoms with Gasteiger partial charge in [0.25, 0.3) is 0 Å². The molecule has 0 unspecified atom stereocenters. The molecule has 72 valence electrons. The molecular formula is C6H13NO4S. The first-order valence-electron chi connectivity index (χ1n) is 3.62. The average Bonchev–Trinajstić information content (AvgIpc) is 1.95. The van der Waals surface area contributed by atoms with E-state index in [0.29, 0.717) is 6.42 Å². The van der Waals surface area contributed by atoms with Gasteiger partial charge in [-0.2, -0.15) is 0 Å². The van der Waals surface area contributed by atoms with Crippen LogP contribution >= 0.6 is 0 Å². The van der Waals surface area contributed by atoms with Crippen molar-refractivity contribution in [3.8, 4) is 0 Å². The average molecular weight is 195 g/mol. The number of carbonyl (C=O) groups excluding carboxylic acids is 1. The van der Waals surface area contributed by atoms with E-state index in [2.05, 4.69) is 4.84 Å². The SMILES string of the molecule is CCCCC(=O)ONS(C)(=O)=O. The van der Waals surface area contributed by atoms with Gasteiger partial charge in [-0.05, 0) is 11.3 Å². The lowest BCUT2D eigenvalue weighted by Crippen LogP contribution is -2.25. The van der Waals surface area contributed by atoms with Crippen LogP contribution in [-0.2, 0) is 19.7 Å². The lowest BCUT2D eigenvalue weighted by Gasteiger charge is -2.01. The Balaban J connectivity index is 3.58. The smallest absolute Gasteiger partial charge is 0.326 e. The molecule has 0 aromatic carbocycles. The highest BCUT2D eigenvalue weighted by atomic mass is 32.2. The minimum atomic E-state index is -3.44. The van der Waals surface area contributed by atoms with Crippen LogP contribution in [0.25, 0.3) is 0 Å². The Morgan fingerprint density at radius 1 is 1.50 bits per heavy atom. The topological polar surface area (TPSA) is 72.5 Å². The van der Waals surface area contributed by atoms with Gasteiger partial charge in [0.05, 0.1) is 6.26 Å². The second-order valence-electron chi connectivity index (χ2n) is 2.43. The van der Waals surface area contributed by atoms with E-state index in [1.54, 1.807) is 4.89 Å². The van der Waals surface area contributed by atoms with Crippen LogP contribution in [0.4, 0.5) is 0 Å². The molecule has 0 atom stereocenters. The fourth-order valence-corrected chi connectivity index (χ4v) is 0.739. The van der Waals surface area contributed by atoms with Crippen molar-refractivity contribution in [2.24, 2.45) is 0 Å². The zero-order chi connectivity index (χ0) is 9.61. The van der Waals surface area contributed by atoms with Gasteiger partial charge in [-0.25, -0.2) is 8.42 Å². The summed E-state index contributed by atoms with van der Waals surface area (Å²) in [7, 11) is -3.44. The van der Waals surface area contributed by atoms with E-state index in [0.717, 1.165) is 12.7 Å². The zero-order valence-corrected chi connectivity index (χ0v) is 7.98. The van der Waals surface area contributed by atoms with Gasteiger partial charge >= 0.3 is 5.97 Å². The molecule has 0 radical (unpaired) electrons. The fraction of sp³-hybridized carbons (Fsp3) is 0.833. The summed E-state index contributed by atoms with van der Waals surface area (Å²) in [5, 5.41) is 0. The third-order valence-electron chi connectivity index (χ3n) is 1.04. The molecule has 0 fully saturated rings. The molecule has 0 amide bonds. The molecule has 0 saturated heterocycles. The first-order chi connectivity index (χ1) is 5.45. The molecule has 12 heavy (non-hydrogen) atoms.